The normalized spacial score (nSPS) is 18.5. The van der Waals surface area contributed by atoms with E-state index in [4.69, 9.17) is 36.7 Å². The molecule has 0 spiro atoms. The van der Waals surface area contributed by atoms with Crippen LogP contribution < -0.4 is 15.2 Å². The van der Waals surface area contributed by atoms with Gasteiger partial charge < -0.3 is 34.5 Å². The zero-order chi connectivity index (χ0) is 30.0. The van der Waals surface area contributed by atoms with Crippen molar-refractivity contribution in [3.63, 3.8) is 0 Å². The fourth-order valence-electron chi connectivity index (χ4n) is 6.03. The van der Waals surface area contributed by atoms with Gasteiger partial charge in [0.15, 0.2) is 11.5 Å². The maximum Gasteiger partial charge on any atom is 0.303 e. The van der Waals surface area contributed by atoms with Crippen LogP contribution in [0.5, 0.6) is 11.5 Å². The van der Waals surface area contributed by atoms with Crippen LogP contribution in [0.1, 0.15) is 71.6 Å². The van der Waals surface area contributed by atoms with Gasteiger partial charge in [-0.05, 0) is 61.6 Å². The van der Waals surface area contributed by atoms with Gasteiger partial charge in [0.05, 0.1) is 31.7 Å². The highest BCUT2D eigenvalue weighted by Crippen LogP contribution is 2.47. The van der Waals surface area contributed by atoms with Crippen molar-refractivity contribution in [2.75, 3.05) is 27.3 Å². The molecule has 0 bridgehead atoms. The number of ether oxygens (including phenoxy) is 3. The zero-order valence-electron chi connectivity index (χ0n) is 23.5. The first kappa shape index (κ1) is 29.5. The summed E-state index contributed by atoms with van der Waals surface area (Å²) in [4.78, 5) is 38.7. The Labute approximate surface area is 248 Å². The Kier molecular flexibility index (Phi) is 8.74. The van der Waals surface area contributed by atoms with E-state index in [0.717, 1.165) is 0 Å². The highest BCUT2D eigenvalue weighted by atomic mass is 35.5. The van der Waals surface area contributed by atoms with Crippen LogP contribution in [-0.4, -0.2) is 59.7 Å². The average molecular weight is 596 g/mol. The zero-order valence-corrected chi connectivity index (χ0v) is 24.3. The summed E-state index contributed by atoms with van der Waals surface area (Å²) in [6.45, 7) is 1.05. The highest BCUT2D eigenvalue weighted by Gasteiger charge is 2.35. The third kappa shape index (κ3) is 5.82. The largest absolute Gasteiger partial charge is 0.493 e. The summed E-state index contributed by atoms with van der Waals surface area (Å²) in [6, 6.07) is 14.3. The van der Waals surface area contributed by atoms with Crippen molar-refractivity contribution < 1.29 is 33.7 Å². The van der Waals surface area contributed by atoms with Gasteiger partial charge in [0.1, 0.15) is 11.8 Å². The van der Waals surface area contributed by atoms with Crippen molar-refractivity contribution >= 4 is 29.4 Å². The van der Waals surface area contributed by atoms with Gasteiger partial charge in [0, 0.05) is 42.1 Å². The molecule has 3 aromatic rings. The van der Waals surface area contributed by atoms with Gasteiger partial charge in [-0.2, -0.15) is 0 Å². The Balaban J connectivity index is 1.51. The minimum absolute atomic E-state index is 0.0269. The van der Waals surface area contributed by atoms with Crippen LogP contribution in [0, 0.1) is 5.92 Å². The number of hydrogen-bond acceptors (Lipinski definition) is 6. The molecule has 2 amide bonds. The number of carbonyl (C=O) groups excluding carboxylic acids is 2. The van der Waals surface area contributed by atoms with Gasteiger partial charge in [-0.25, -0.2) is 0 Å². The van der Waals surface area contributed by atoms with E-state index in [9.17, 15) is 14.4 Å². The Morgan fingerprint density at radius 1 is 1.05 bits per heavy atom. The Morgan fingerprint density at radius 2 is 1.81 bits per heavy atom. The van der Waals surface area contributed by atoms with Crippen LogP contribution >= 0.6 is 11.6 Å². The lowest BCUT2D eigenvalue weighted by Gasteiger charge is -2.32. The first-order valence-electron chi connectivity index (χ1n) is 13.9. The van der Waals surface area contributed by atoms with E-state index in [2.05, 4.69) is 0 Å². The van der Waals surface area contributed by atoms with E-state index in [1.54, 1.807) is 54.0 Å². The number of nitrogens with zero attached hydrogens (tertiary/aromatic N) is 2. The molecule has 5 rings (SSSR count). The molecule has 0 saturated carbocycles. The molecule has 0 aliphatic carbocycles. The Bertz CT molecular complexity index is 1500. The van der Waals surface area contributed by atoms with Crippen molar-refractivity contribution in [1.29, 1.82) is 0 Å². The minimum atomic E-state index is -0.812. The topological polar surface area (TPSA) is 133 Å². The fourth-order valence-corrected chi connectivity index (χ4v) is 6.21. The molecule has 1 fully saturated rings. The molecule has 11 heteroatoms. The maximum absolute atomic E-state index is 13.3. The monoisotopic (exact) mass is 595 g/mol. The number of carbonyl (C=O) groups is 3. The molecule has 2 atom stereocenters. The number of para-hydroxylation sites is 1. The van der Waals surface area contributed by atoms with Crippen LogP contribution in [0.25, 0.3) is 5.69 Å². The summed E-state index contributed by atoms with van der Waals surface area (Å²) in [6.07, 6.45) is 0.699. The number of fused-ring (bicyclic) bond motifs is 3. The number of aromatic nitrogens is 1. The van der Waals surface area contributed by atoms with Gasteiger partial charge in [0.2, 0.25) is 5.91 Å². The van der Waals surface area contributed by atoms with Crippen molar-refractivity contribution in [3.8, 4) is 17.2 Å². The molecule has 3 heterocycles. The SMILES string of the molecule is COc1cccc([C@H]2O[C@H](CCC(=O)N3CCC(CC(=O)O)CC3)c3ccc(C(N)=O)n3-c3ccc(Cl)cc32)c1OC. The lowest BCUT2D eigenvalue weighted by atomic mass is 9.93. The summed E-state index contributed by atoms with van der Waals surface area (Å²) < 4.78 is 19.9. The van der Waals surface area contributed by atoms with Crippen LogP contribution in [0.2, 0.25) is 5.02 Å². The van der Waals surface area contributed by atoms with E-state index in [1.807, 2.05) is 18.2 Å². The molecule has 0 radical (unpaired) electrons. The van der Waals surface area contributed by atoms with Crippen LogP contribution in [0.3, 0.4) is 0 Å². The fraction of sp³-hybridized carbons (Fsp3) is 0.387. The second-order valence-electron chi connectivity index (χ2n) is 10.6. The Morgan fingerprint density at radius 3 is 2.48 bits per heavy atom. The first-order chi connectivity index (χ1) is 20.2. The van der Waals surface area contributed by atoms with Gasteiger partial charge in [-0.1, -0.05) is 23.7 Å². The number of piperidine rings is 1. The molecule has 42 heavy (non-hydrogen) atoms. The average Bonchev–Trinajstić information content (AvgIpc) is 3.37. The van der Waals surface area contributed by atoms with E-state index in [-0.39, 0.29) is 30.4 Å². The minimum Gasteiger partial charge on any atom is -0.493 e. The van der Waals surface area contributed by atoms with E-state index >= 15 is 0 Å². The molecular formula is C31H34ClN3O7. The molecular weight excluding hydrogens is 562 g/mol. The number of primary amides is 1. The second-order valence-corrected chi connectivity index (χ2v) is 11.0. The summed E-state index contributed by atoms with van der Waals surface area (Å²) >= 11 is 6.49. The molecule has 2 aromatic carbocycles. The third-order valence-corrected chi connectivity index (χ3v) is 8.31. The molecule has 1 aromatic heterocycles. The number of carboxylic acids is 1. The molecule has 1 saturated heterocycles. The molecule has 10 nitrogen and oxygen atoms in total. The molecule has 222 valence electrons. The Hall–Kier alpha value is -4.02. The van der Waals surface area contributed by atoms with Gasteiger partial charge in [0.25, 0.3) is 5.91 Å². The van der Waals surface area contributed by atoms with Crippen molar-refractivity contribution in [1.82, 2.24) is 9.47 Å². The standard InChI is InChI=1S/C31H34ClN3O7/c1-40-26-5-3-4-20(30(26)41-2)29-21-17-19(32)6-7-22(21)35-23(8-9-24(35)31(33)39)25(42-29)10-11-27(36)34-14-12-18(13-15-34)16-28(37)38/h3-9,17-18,25,29H,10-16H2,1-2H3,(H2,33,39)(H,37,38)/t25-,29-/m1/s1. The van der Waals surface area contributed by atoms with Crippen molar-refractivity contribution in [3.05, 3.63) is 76.1 Å². The van der Waals surface area contributed by atoms with Crippen LogP contribution in [0.15, 0.2) is 48.5 Å². The molecule has 3 N–H and O–H groups in total. The van der Waals surface area contributed by atoms with E-state index in [1.165, 1.54) is 0 Å². The number of rotatable bonds is 9. The number of aliphatic carboxylic acids is 1. The number of nitrogens with two attached hydrogens (primary N) is 1. The smallest absolute Gasteiger partial charge is 0.303 e. The summed E-state index contributed by atoms with van der Waals surface area (Å²) in [5.41, 5.74) is 8.84. The number of hydrogen-bond donors (Lipinski definition) is 2. The molecule has 0 unspecified atom stereocenters. The lowest BCUT2D eigenvalue weighted by molar-refractivity contribution is -0.138. The van der Waals surface area contributed by atoms with Gasteiger partial charge in [-0.3, -0.25) is 14.4 Å². The molecule has 2 aliphatic heterocycles. The lowest BCUT2D eigenvalue weighted by Crippen LogP contribution is -2.39. The third-order valence-electron chi connectivity index (χ3n) is 8.07. The number of amides is 2. The van der Waals surface area contributed by atoms with Crippen LogP contribution in [0.4, 0.5) is 0 Å². The predicted molar refractivity (Wildman–Crippen MR) is 155 cm³/mol. The van der Waals surface area contributed by atoms with Crippen molar-refractivity contribution in [2.24, 2.45) is 11.7 Å². The predicted octanol–water partition coefficient (Wildman–Crippen LogP) is 4.90. The summed E-state index contributed by atoms with van der Waals surface area (Å²) in [5, 5.41) is 9.59. The number of methoxy groups -OCH3 is 2. The number of carboxylic acid groups (broad SMARTS) is 1. The van der Waals surface area contributed by atoms with Crippen molar-refractivity contribution in [2.45, 2.75) is 44.3 Å². The number of likely N-dealkylation sites (tertiary alicyclic amines) is 1. The molecule has 2 aliphatic rings. The maximum atomic E-state index is 13.3. The van der Waals surface area contributed by atoms with Gasteiger partial charge >= 0.3 is 5.97 Å². The quantitative estimate of drug-likeness (QED) is 0.359. The summed E-state index contributed by atoms with van der Waals surface area (Å²) in [5.74, 6) is -0.331. The summed E-state index contributed by atoms with van der Waals surface area (Å²) in [7, 11) is 3.12. The highest BCUT2D eigenvalue weighted by molar-refractivity contribution is 6.30. The van der Waals surface area contributed by atoms with E-state index in [0.29, 0.717) is 71.4 Å². The van der Waals surface area contributed by atoms with Gasteiger partial charge in [-0.15, -0.1) is 0 Å². The van der Waals surface area contributed by atoms with E-state index < -0.39 is 24.1 Å². The number of benzene rings is 2. The second kappa shape index (κ2) is 12.5. The van der Waals surface area contributed by atoms with Crippen LogP contribution in [-0.2, 0) is 14.3 Å². The first-order valence-corrected chi connectivity index (χ1v) is 14.3. The number of halogens is 1.